The van der Waals surface area contributed by atoms with Crippen molar-refractivity contribution < 1.29 is 19.8 Å². The number of hydrogen-bond donors (Lipinski definition) is 2. The predicted octanol–water partition coefficient (Wildman–Crippen LogP) is -1.09. The smallest absolute Gasteiger partial charge is 0.323 e. The minimum absolute atomic E-state index is 0.0537. The van der Waals surface area contributed by atoms with Gasteiger partial charge in [0.1, 0.15) is 6.54 Å². The van der Waals surface area contributed by atoms with Crippen LogP contribution in [0.25, 0.3) is 0 Å². The number of carbonyl (C=O) groups is 2. The summed E-state index contributed by atoms with van der Waals surface area (Å²) in [6.07, 6.45) is 0.268. The average molecular weight is 173 g/mol. The zero-order valence-corrected chi connectivity index (χ0v) is 6.56. The molecule has 0 radical (unpaired) electrons. The predicted molar refractivity (Wildman–Crippen MR) is 39.4 cm³/mol. The molecule has 0 aliphatic carbocycles. The van der Waals surface area contributed by atoms with Crippen LogP contribution in [-0.2, 0) is 9.59 Å². The molecule has 12 heavy (non-hydrogen) atoms. The SMILES string of the molecule is O=C(O)CN1CC(CO)CC1=O. The van der Waals surface area contributed by atoms with Crippen molar-refractivity contribution in [3.05, 3.63) is 0 Å². The highest BCUT2D eigenvalue weighted by molar-refractivity contribution is 5.83. The summed E-state index contributed by atoms with van der Waals surface area (Å²) in [6, 6.07) is 0. The number of aliphatic hydroxyl groups excluding tert-OH is 1. The number of aliphatic carboxylic acids is 1. The highest BCUT2D eigenvalue weighted by Crippen LogP contribution is 2.16. The molecule has 5 nitrogen and oxygen atoms in total. The molecular formula is C7H11NO4. The largest absolute Gasteiger partial charge is 0.480 e. The fourth-order valence-electron chi connectivity index (χ4n) is 1.29. The van der Waals surface area contributed by atoms with E-state index in [1.165, 1.54) is 4.90 Å². The molecule has 1 unspecified atom stereocenters. The molecule has 2 N–H and O–H groups in total. The van der Waals surface area contributed by atoms with Crippen LogP contribution in [-0.4, -0.2) is 46.7 Å². The normalized spacial score (nSPS) is 23.2. The van der Waals surface area contributed by atoms with Crippen molar-refractivity contribution in [2.45, 2.75) is 6.42 Å². The van der Waals surface area contributed by atoms with Crippen molar-refractivity contribution in [1.29, 1.82) is 0 Å². The van der Waals surface area contributed by atoms with Crippen LogP contribution in [0.5, 0.6) is 0 Å². The fourth-order valence-corrected chi connectivity index (χ4v) is 1.29. The highest BCUT2D eigenvalue weighted by Gasteiger charge is 2.29. The van der Waals surface area contributed by atoms with E-state index in [4.69, 9.17) is 10.2 Å². The van der Waals surface area contributed by atoms with Gasteiger partial charge in [0.05, 0.1) is 0 Å². The van der Waals surface area contributed by atoms with Crippen LogP contribution in [0, 0.1) is 5.92 Å². The Balaban J connectivity index is 2.46. The minimum atomic E-state index is -1.01. The minimum Gasteiger partial charge on any atom is -0.480 e. The number of carbonyl (C=O) groups excluding carboxylic acids is 1. The lowest BCUT2D eigenvalue weighted by atomic mass is 10.1. The van der Waals surface area contributed by atoms with Crippen LogP contribution in [0.3, 0.4) is 0 Å². The van der Waals surface area contributed by atoms with Gasteiger partial charge in [-0.05, 0) is 0 Å². The van der Waals surface area contributed by atoms with Crippen molar-refractivity contribution in [3.8, 4) is 0 Å². The summed E-state index contributed by atoms with van der Waals surface area (Å²) < 4.78 is 0. The van der Waals surface area contributed by atoms with Crippen LogP contribution in [0.2, 0.25) is 0 Å². The monoisotopic (exact) mass is 173 g/mol. The molecule has 1 amide bonds. The van der Waals surface area contributed by atoms with E-state index in [9.17, 15) is 9.59 Å². The molecule has 0 aromatic heterocycles. The van der Waals surface area contributed by atoms with Crippen LogP contribution in [0.4, 0.5) is 0 Å². The maximum atomic E-state index is 11.0. The Labute approximate surface area is 69.6 Å². The lowest BCUT2D eigenvalue weighted by Gasteiger charge is -2.12. The van der Waals surface area contributed by atoms with Gasteiger partial charge >= 0.3 is 5.97 Å². The zero-order chi connectivity index (χ0) is 9.14. The van der Waals surface area contributed by atoms with Crippen molar-refractivity contribution in [2.24, 2.45) is 5.92 Å². The van der Waals surface area contributed by atoms with E-state index in [0.717, 1.165) is 0 Å². The van der Waals surface area contributed by atoms with Gasteiger partial charge in [-0.3, -0.25) is 9.59 Å². The van der Waals surface area contributed by atoms with E-state index in [0.29, 0.717) is 6.54 Å². The van der Waals surface area contributed by atoms with Gasteiger partial charge in [0.25, 0.3) is 0 Å². The highest BCUT2D eigenvalue weighted by atomic mass is 16.4. The quantitative estimate of drug-likeness (QED) is 0.568. The summed E-state index contributed by atoms with van der Waals surface area (Å²) >= 11 is 0. The molecular weight excluding hydrogens is 162 g/mol. The van der Waals surface area contributed by atoms with E-state index >= 15 is 0 Å². The molecule has 0 bridgehead atoms. The van der Waals surface area contributed by atoms with Crippen molar-refractivity contribution in [1.82, 2.24) is 4.90 Å². The van der Waals surface area contributed by atoms with Crippen LogP contribution >= 0.6 is 0 Å². The first kappa shape index (κ1) is 8.99. The molecule has 1 aliphatic rings. The third-order valence-electron chi connectivity index (χ3n) is 1.88. The molecule has 1 rings (SSSR count). The van der Waals surface area contributed by atoms with E-state index in [1.54, 1.807) is 0 Å². The number of likely N-dealkylation sites (tertiary alicyclic amines) is 1. The van der Waals surface area contributed by atoms with E-state index in [2.05, 4.69) is 0 Å². The Morgan fingerprint density at radius 2 is 2.33 bits per heavy atom. The Kier molecular flexibility index (Phi) is 2.65. The Hall–Kier alpha value is -1.10. The summed E-state index contributed by atoms with van der Waals surface area (Å²) in [5.41, 5.74) is 0. The number of amides is 1. The second-order valence-electron chi connectivity index (χ2n) is 2.92. The van der Waals surface area contributed by atoms with Gasteiger partial charge < -0.3 is 15.1 Å². The molecule has 0 aromatic carbocycles. The number of carboxylic acids is 1. The maximum Gasteiger partial charge on any atom is 0.323 e. The average Bonchev–Trinajstić information content (AvgIpc) is 2.31. The molecule has 0 saturated carbocycles. The van der Waals surface area contributed by atoms with Gasteiger partial charge in [0.15, 0.2) is 0 Å². The first-order chi connectivity index (χ1) is 5.63. The molecule has 0 aromatic rings. The van der Waals surface area contributed by atoms with Crippen LogP contribution in [0.15, 0.2) is 0 Å². The zero-order valence-electron chi connectivity index (χ0n) is 6.56. The molecule has 1 heterocycles. The van der Waals surface area contributed by atoms with Gasteiger partial charge in [-0.1, -0.05) is 0 Å². The summed E-state index contributed by atoms with van der Waals surface area (Å²) in [7, 11) is 0. The van der Waals surface area contributed by atoms with E-state index in [1.807, 2.05) is 0 Å². The summed E-state index contributed by atoms with van der Waals surface area (Å²) in [6.45, 7) is 0.0544. The van der Waals surface area contributed by atoms with E-state index < -0.39 is 5.97 Å². The first-order valence-electron chi connectivity index (χ1n) is 3.74. The summed E-state index contributed by atoms with van der Waals surface area (Å²) in [5, 5.41) is 17.1. The molecule has 0 spiro atoms. The van der Waals surface area contributed by atoms with Gasteiger partial charge in [-0.25, -0.2) is 0 Å². The van der Waals surface area contributed by atoms with E-state index in [-0.39, 0.29) is 31.4 Å². The lowest BCUT2D eigenvalue weighted by Crippen LogP contribution is -2.31. The molecule has 1 aliphatic heterocycles. The molecule has 1 saturated heterocycles. The second-order valence-corrected chi connectivity index (χ2v) is 2.92. The third-order valence-corrected chi connectivity index (χ3v) is 1.88. The van der Waals surface area contributed by atoms with Crippen LogP contribution in [0.1, 0.15) is 6.42 Å². The maximum absolute atomic E-state index is 11.0. The molecule has 68 valence electrons. The topological polar surface area (TPSA) is 77.8 Å². The van der Waals surface area contributed by atoms with Gasteiger partial charge in [0.2, 0.25) is 5.91 Å². The number of rotatable bonds is 3. The van der Waals surface area contributed by atoms with Crippen molar-refractivity contribution in [2.75, 3.05) is 19.7 Å². The van der Waals surface area contributed by atoms with Crippen molar-refractivity contribution >= 4 is 11.9 Å². The van der Waals surface area contributed by atoms with Crippen molar-refractivity contribution in [3.63, 3.8) is 0 Å². The van der Waals surface area contributed by atoms with Gasteiger partial charge in [-0.2, -0.15) is 0 Å². The molecule has 1 atom stereocenters. The molecule has 5 heteroatoms. The van der Waals surface area contributed by atoms with Crippen LogP contribution < -0.4 is 0 Å². The third kappa shape index (κ3) is 1.94. The number of nitrogens with zero attached hydrogens (tertiary/aromatic N) is 1. The number of hydrogen-bond acceptors (Lipinski definition) is 3. The lowest BCUT2D eigenvalue weighted by molar-refractivity contribution is -0.142. The Morgan fingerprint density at radius 3 is 2.75 bits per heavy atom. The fraction of sp³-hybridized carbons (Fsp3) is 0.714. The number of aliphatic hydroxyl groups is 1. The summed E-state index contributed by atoms with van der Waals surface area (Å²) in [5.74, 6) is -1.28. The number of carboxylic acid groups (broad SMARTS) is 1. The first-order valence-corrected chi connectivity index (χ1v) is 3.74. The van der Waals surface area contributed by atoms with Gasteiger partial charge in [-0.15, -0.1) is 0 Å². The second kappa shape index (κ2) is 3.53. The summed E-state index contributed by atoms with van der Waals surface area (Å²) in [4.78, 5) is 22.5. The Bertz CT molecular complexity index is 204. The standard InChI is InChI=1S/C7H11NO4/c9-4-5-1-6(10)8(2-5)3-7(11)12/h5,9H,1-4H2,(H,11,12). The molecule has 1 fully saturated rings. The Morgan fingerprint density at radius 1 is 1.67 bits per heavy atom. The van der Waals surface area contributed by atoms with Gasteiger partial charge in [0, 0.05) is 25.5 Å².